The van der Waals surface area contributed by atoms with E-state index >= 15 is 0 Å². The lowest BCUT2D eigenvalue weighted by molar-refractivity contribution is -0.122. The Kier molecular flexibility index (Phi) is 6.15. The average Bonchev–Trinajstić information content (AvgIpc) is 1.93. The second kappa shape index (κ2) is 6.25. The van der Waals surface area contributed by atoms with E-state index in [9.17, 15) is 4.79 Å². The van der Waals surface area contributed by atoms with Crippen molar-refractivity contribution in [3.8, 4) is 0 Å². The van der Waals surface area contributed by atoms with Crippen LogP contribution < -0.4 is 11.1 Å². The van der Waals surface area contributed by atoms with Crippen molar-refractivity contribution in [1.82, 2.24) is 5.32 Å². The van der Waals surface area contributed by atoms with Gasteiger partial charge in [-0.25, -0.2) is 0 Å². The first-order valence-corrected chi connectivity index (χ1v) is 6.65. The molecule has 0 radical (unpaired) electrons. The van der Waals surface area contributed by atoms with Crippen LogP contribution >= 0.6 is 12.4 Å². The molecule has 1 unspecified atom stereocenters. The lowest BCUT2D eigenvalue weighted by Crippen LogP contribution is -2.46. The summed E-state index contributed by atoms with van der Waals surface area (Å²) in [6, 6.07) is 0.250. The van der Waals surface area contributed by atoms with Gasteiger partial charge in [-0.15, -0.1) is 12.4 Å². The van der Waals surface area contributed by atoms with Gasteiger partial charge >= 0.3 is 0 Å². The molecule has 1 saturated carbocycles. The van der Waals surface area contributed by atoms with Crippen LogP contribution in [0.1, 0.15) is 60.3 Å². The van der Waals surface area contributed by atoms with Crippen LogP contribution in [0.3, 0.4) is 0 Å². The van der Waals surface area contributed by atoms with Crippen LogP contribution in [0.15, 0.2) is 0 Å². The molecule has 3 N–H and O–H groups in total. The fourth-order valence-electron chi connectivity index (χ4n) is 3.53. The summed E-state index contributed by atoms with van der Waals surface area (Å²) in [5.74, 6) is 0.0958. The molecule has 1 rings (SSSR count). The topological polar surface area (TPSA) is 55.1 Å². The third-order valence-corrected chi connectivity index (χ3v) is 3.43. The third kappa shape index (κ3) is 6.05. The number of rotatable bonds is 3. The van der Waals surface area contributed by atoms with E-state index in [1.807, 2.05) is 6.92 Å². The normalized spacial score (nSPS) is 23.9. The van der Waals surface area contributed by atoms with Crippen LogP contribution in [-0.2, 0) is 4.79 Å². The summed E-state index contributed by atoms with van der Waals surface area (Å²) in [5.41, 5.74) is 6.27. The summed E-state index contributed by atoms with van der Waals surface area (Å²) in [5, 5.41) is 3.14. The Morgan fingerprint density at radius 3 is 2.11 bits per heavy atom. The fourth-order valence-corrected chi connectivity index (χ4v) is 3.53. The standard InChI is InChI=1S/C14H28N2O.ClH/c1-10(15)6-12(17)16-11-7-13(2,3)9-14(4,5)8-11;/h10-11H,6-9,15H2,1-5H3,(H,16,17);1H. The first-order chi connectivity index (χ1) is 7.60. The van der Waals surface area contributed by atoms with Gasteiger partial charge in [0.25, 0.3) is 0 Å². The van der Waals surface area contributed by atoms with E-state index in [0.29, 0.717) is 23.3 Å². The Labute approximate surface area is 118 Å². The molecule has 108 valence electrons. The number of nitrogens with two attached hydrogens (primary N) is 1. The van der Waals surface area contributed by atoms with Gasteiger partial charge in [-0.1, -0.05) is 27.7 Å². The van der Waals surface area contributed by atoms with E-state index in [0.717, 1.165) is 12.8 Å². The molecule has 0 aromatic carbocycles. The van der Waals surface area contributed by atoms with E-state index in [1.54, 1.807) is 0 Å². The van der Waals surface area contributed by atoms with Crippen molar-refractivity contribution < 1.29 is 4.79 Å². The minimum Gasteiger partial charge on any atom is -0.353 e. The highest BCUT2D eigenvalue weighted by Crippen LogP contribution is 2.45. The van der Waals surface area contributed by atoms with Crippen molar-refractivity contribution in [1.29, 1.82) is 0 Å². The maximum atomic E-state index is 11.8. The molecule has 3 nitrogen and oxygen atoms in total. The number of amides is 1. The molecule has 0 aromatic rings. The van der Waals surface area contributed by atoms with Crippen molar-refractivity contribution in [2.45, 2.75) is 72.4 Å². The zero-order chi connectivity index (χ0) is 13.3. The molecule has 1 fully saturated rings. The van der Waals surface area contributed by atoms with Crippen LogP contribution in [0.25, 0.3) is 0 Å². The molecular formula is C14H29ClN2O. The van der Waals surface area contributed by atoms with Crippen LogP contribution in [0.2, 0.25) is 0 Å². The SMILES string of the molecule is CC(N)CC(=O)NC1CC(C)(C)CC(C)(C)C1.Cl. The highest BCUT2D eigenvalue weighted by molar-refractivity contribution is 5.85. The summed E-state index contributed by atoms with van der Waals surface area (Å²) >= 11 is 0. The van der Waals surface area contributed by atoms with E-state index in [4.69, 9.17) is 5.73 Å². The Bertz CT molecular complexity index is 272. The highest BCUT2D eigenvalue weighted by Gasteiger charge is 2.38. The largest absolute Gasteiger partial charge is 0.353 e. The fraction of sp³-hybridized carbons (Fsp3) is 0.929. The zero-order valence-corrected chi connectivity index (χ0v) is 13.2. The zero-order valence-electron chi connectivity index (χ0n) is 12.4. The number of halogens is 1. The molecule has 0 heterocycles. The maximum Gasteiger partial charge on any atom is 0.221 e. The quantitative estimate of drug-likeness (QED) is 0.833. The first kappa shape index (κ1) is 17.7. The first-order valence-electron chi connectivity index (χ1n) is 6.65. The third-order valence-electron chi connectivity index (χ3n) is 3.43. The number of carbonyl (C=O) groups excluding carboxylic acids is 1. The lowest BCUT2D eigenvalue weighted by Gasteiger charge is -2.45. The van der Waals surface area contributed by atoms with Crippen molar-refractivity contribution in [2.24, 2.45) is 16.6 Å². The Balaban J connectivity index is 0.00000289. The number of hydrogen-bond acceptors (Lipinski definition) is 2. The molecule has 1 aliphatic carbocycles. The van der Waals surface area contributed by atoms with Gasteiger partial charge in [-0.2, -0.15) is 0 Å². The molecule has 1 atom stereocenters. The lowest BCUT2D eigenvalue weighted by atomic mass is 9.63. The van der Waals surface area contributed by atoms with Crippen LogP contribution in [0.4, 0.5) is 0 Å². The predicted octanol–water partition coefficient (Wildman–Crippen LogP) is 2.87. The van der Waals surface area contributed by atoms with Gasteiger partial charge in [0.2, 0.25) is 5.91 Å². The van der Waals surface area contributed by atoms with E-state index < -0.39 is 0 Å². The monoisotopic (exact) mass is 276 g/mol. The summed E-state index contributed by atoms with van der Waals surface area (Å²) in [4.78, 5) is 11.8. The van der Waals surface area contributed by atoms with Gasteiger partial charge in [0, 0.05) is 18.5 Å². The number of carbonyl (C=O) groups is 1. The van der Waals surface area contributed by atoms with Crippen LogP contribution in [0, 0.1) is 10.8 Å². The summed E-state index contributed by atoms with van der Waals surface area (Å²) in [7, 11) is 0. The van der Waals surface area contributed by atoms with Gasteiger partial charge in [-0.3, -0.25) is 4.79 Å². The molecule has 0 spiro atoms. The molecule has 4 heteroatoms. The smallest absolute Gasteiger partial charge is 0.221 e. The molecule has 1 aliphatic rings. The summed E-state index contributed by atoms with van der Waals surface area (Å²) in [6.45, 7) is 11.0. The molecule has 0 aliphatic heterocycles. The van der Waals surface area contributed by atoms with Gasteiger partial charge in [0.05, 0.1) is 0 Å². The van der Waals surface area contributed by atoms with Crippen molar-refractivity contribution in [3.63, 3.8) is 0 Å². The minimum absolute atomic E-state index is 0. The summed E-state index contributed by atoms with van der Waals surface area (Å²) < 4.78 is 0. The highest BCUT2D eigenvalue weighted by atomic mass is 35.5. The molecule has 0 bridgehead atoms. The Hall–Kier alpha value is -0.280. The van der Waals surface area contributed by atoms with Gasteiger partial charge < -0.3 is 11.1 Å². The van der Waals surface area contributed by atoms with E-state index in [1.165, 1.54) is 6.42 Å². The maximum absolute atomic E-state index is 11.8. The molecule has 18 heavy (non-hydrogen) atoms. The second-order valence-electron chi connectivity index (χ2n) is 7.36. The Morgan fingerprint density at radius 2 is 1.72 bits per heavy atom. The van der Waals surface area contributed by atoms with Gasteiger partial charge in [0.1, 0.15) is 0 Å². The molecule has 0 aromatic heterocycles. The average molecular weight is 277 g/mol. The second-order valence-corrected chi connectivity index (χ2v) is 7.36. The predicted molar refractivity (Wildman–Crippen MR) is 78.9 cm³/mol. The number of hydrogen-bond donors (Lipinski definition) is 2. The molecule has 0 saturated heterocycles. The van der Waals surface area contributed by atoms with Crippen molar-refractivity contribution >= 4 is 18.3 Å². The van der Waals surface area contributed by atoms with Gasteiger partial charge in [0.15, 0.2) is 0 Å². The van der Waals surface area contributed by atoms with Gasteiger partial charge in [-0.05, 0) is 37.0 Å². The number of nitrogens with one attached hydrogen (secondary N) is 1. The molecular weight excluding hydrogens is 248 g/mol. The van der Waals surface area contributed by atoms with E-state index in [2.05, 4.69) is 33.0 Å². The minimum atomic E-state index is -0.0559. The van der Waals surface area contributed by atoms with Crippen LogP contribution in [0.5, 0.6) is 0 Å². The van der Waals surface area contributed by atoms with Crippen molar-refractivity contribution in [2.75, 3.05) is 0 Å². The van der Waals surface area contributed by atoms with Crippen LogP contribution in [-0.4, -0.2) is 18.0 Å². The summed E-state index contributed by atoms with van der Waals surface area (Å²) in [6.07, 6.45) is 3.79. The van der Waals surface area contributed by atoms with Crippen molar-refractivity contribution in [3.05, 3.63) is 0 Å². The Morgan fingerprint density at radius 1 is 1.28 bits per heavy atom. The molecule has 1 amide bonds. The van der Waals surface area contributed by atoms with E-state index in [-0.39, 0.29) is 24.4 Å².